The molecule has 0 radical (unpaired) electrons. The fourth-order valence-corrected chi connectivity index (χ4v) is 4.48. The van der Waals surface area contributed by atoms with Crippen molar-refractivity contribution < 1.29 is 14.3 Å². The normalized spacial score (nSPS) is 15.0. The van der Waals surface area contributed by atoms with Gasteiger partial charge in [-0.2, -0.15) is 0 Å². The Bertz CT molecular complexity index is 980. The fraction of sp³-hybridized carbons (Fsp3) is 0.350. The van der Waals surface area contributed by atoms with Gasteiger partial charge in [0.25, 0.3) is 5.91 Å². The lowest BCUT2D eigenvalue weighted by Gasteiger charge is -2.23. The first kappa shape index (κ1) is 17.9. The summed E-state index contributed by atoms with van der Waals surface area (Å²) in [6, 6.07) is 7.54. The van der Waals surface area contributed by atoms with E-state index in [2.05, 4.69) is 21.4 Å². The molecule has 1 amide bonds. The molecule has 0 saturated carbocycles. The van der Waals surface area contributed by atoms with Gasteiger partial charge in [-0.3, -0.25) is 15.1 Å². The number of aryl methyl sites for hydroxylation is 1. The quantitative estimate of drug-likeness (QED) is 0.732. The number of nitrogens with zero attached hydrogens (tertiary/aromatic N) is 2. The molecule has 4 rings (SSSR count). The average molecular weight is 383 g/mol. The number of benzene rings is 1. The van der Waals surface area contributed by atoms with Gasteiger partial charge in [0.05, 0.1) is 11.8 Å². The van der Waals surface area contributed by atoms with E-state index in [-0.39, 0.29) is 5.91 Å². The number of ether oxygens (including phenoxy) is 2. The van der Waals surface area contributed by atoms with Gasteiger partial charge in [0.2, 0.25) is 0 Å². The zero-order chi connectivity index (χ0) is 18.8. The molecule has 3 aromatic rings. The Labute approximate surface area is 161 Å². The predicted octanol–water partition coefficient (Wildman–Crippen LogP) is 4.15. The number of hydrogen-bond acceptors (Lipinski definition) is 6. The first-order valence-electron chi connectivity index (χ1n) is 8.95. The largest absolute Gasteiger partial charge is 0.494 e. The first-order valence-corrected chi connectivity index (χ1v) is 9.76. The highest BCUT2D eigenvalue weighted by molar-refractivity contribution is 7.22. The Morgan fingerprint density at radius 2 is 2.11 bits per heavy atom. The van der Waals surface area contributed by atoms with E-state index in [1.54, 1.807) is 25.4 Å². The van der Waals surface area contributed by atoms with Crippen molar-refractivity contribution in [3.63, 3.8) is 0 Å². The van der Waals surface area contributed by atoms with Crippen molar-refractivity contribution in [3.8, 4) is 5.75 Å². The van der Waals surface area contributed by atoms with Crippen LogP contribution in [0.4, 0.5) is 5.13 Å². The van der Waals surface area contributed by atoms with Crippen molar-refractivity contribution >= 4 is 32.6 Å². The van der Waals surface area contributed by atoms with Crippen LogP contribution in [0.5, 0.6) is 5.75 Å². The maximum absolute atomic E-state index is 12.6. The van der Waals surface area contributed by atoms with Gasteiger partial charge in [0.15, 0.2) is 5.13 Å². The van der Waals surface area contributed by atoms with Crippen LogP contribution in [0.25, 0.3) is 10.2 Å². The Morgan fingerprint density at radius 1 is 1.30 bits per heavy atom. The molecule has 1 saturated heterocycles. The molecule has 7 heteroatoms. The van der Waals surface area contributed by atoms with E-state index in [9.17, 15) is 4.79 Å². The minimum absolute atomic E-state index is 0.189. The van der Waals surface area contributed by atoms with E-state index in [0.717, 1.165) is 47.7 Å². The number of anilines is 1. The maximum atomic E-state index is 12.6. The standard InChI is InChI=1S/C20H21N3O3S/c1-12-11-14(5-8-21-12)19(24)23-20-22-17-16(25-2)4-3-15(18(17)27-20)13-6-9-26-10-7-13/h3-5,8,11,13H,6-7,9-10H2,1-2H3,(H,22,23,24). The van der Waals surface area contributed by atoms with Gasteiger partial charge >= 0.3 is 0 Å². The lowest BCUT2D eigenvalue weighted by Crippen LogP contribution is -2.14. The van der Waals surface area contributed by atoms with Crippen LogP contribution in [-0.4, -0.2) is 36.2 Å². The number of carbonyl (C=O) groups excluding carboxylic acids is 1. The summed E-state index contributed by atoms with van der Waals surface area (Å²) in [5.41, 5.74) is 3.42. The molecule has 2 aromatic heterocycles. The number of pyridine rings is 1. The van der Waals surface area contributed by atoms with Crippen LogP contribution in [-0.2, 0) is 4.74 Å². The molecule has 1 N–H and O–H groups in total. The van der Waals surface area contributed by atoms with E-state index in [0.29, 0.717) is 16.6 Å². The highest BCUT2D eigenvalue weighted by atomic mass is 32.1. The predicted molar refractivity (Wildman–Crippen MR) is 106 cm³/mol. The molecule has 6 nitrogen and oxygen atoms in total. The number of nitrogens with one attached hydrogen (secondary N) is 1. The van der Waals surface area contributed by atoms with Crippen molar-refractivity contribution in [2.75, 3.05) is 25.6 Å². The van der Waals surface area contributed by atoms with Gasteiger partial charge in [-0.25, -0.2) is 4.98 Å². The van der Waals surface area contributed by atoms with Crippen LogP contribution < -0.4 is 10.1 Å². The molecule has 0 atom stereocenters. The smallest absolute Gasteiger partial charge is 0.257 e. The molecular formula is C20H21N3O3S. The van der Waals surface area contributed by atoms with Crippen LogP contribution in [0.1, 0.15) is 40.4 Å². The van der Waals surface area contributed by atoms with Crippen LogP contribution in [0.3, 0.4) is 0 Å². The zero-order valence-corrected chi connectivity index (χ0v) is 16.1. The van der Waals surface area contributed by atoms with E-state index < -0.39 is 0 Å². The molecule has 0 spiro atoms. The fourth-order valence-electron chi connectivity index (χ4n) is 3.41. The van der Waals surface area contributed by atoms with Crippen LogP contribution in [0.2, 0.25) is 0 Å². The van der Waals surface area contributed by atoms with Gasteiger partial charge < -0.3 is 9.47 Å². The summed E-state index contributed by atoms with van der Waals surface area (Å²) in [4.78, 5) is 21.3. The summed E-state index contributed by atoms with van der Waals surface area (Å²) in [6.07, 6.45) is 3.63. The third-order valence-electron chi connectivity index (χ3n) is 4.80. The summed E-state index contributed by atoms with van der Waals surface area (Å²) >= 11 is 1.49. The van der Waals surface area contributed by atoms with E-state index in [1.165, 1.54) is 16.9 Å². The first-order chi connectivity index (χ1) is 13.2. The highest BCUT2D eigenvalue weighted by Gasteiger charge is 2.22. The van der Waals surface area contributed by atoms with E-state index >= 15 is 0 Å². The summed E-state index contributed by atoms with van der Waals surface area (Å²) in [7, 11) is 1.64. The minimum atomic E-state index is -0.189. The van der Waals surface area contributed by atoms with Crippen molar-refractivity contribution in [1.29, 1.82) is 0 Å². The van der Waals surface area contributed by atoms with Gasteiger partial charge in [-0.15, -0.1) is 0 Å². The topological polar surface area (TPSA) is 73.3 Å². The molecular weight excluding hydrogens is 362 g/mol. The number of aromatic nitrogens is 2. The zero-order valence-electron chi connectivity index (χ0n) is 15.3. The number of carbonyl (C=O) groups is 1. The van der Waals surface area contributed by atoms with Gasteiger partial charge in [0, 0.05) is 30.7 Å². The average Bonchev–Trinajstić information content (AvgIpc) is 3.11. The molecule has 1 aliphatic rings. The van der Waals surface area contributed by atoms with E-state index in [4.69, 9.17) is 9.47 Å². The van der Waals surface area contributed by atoms with Crippen molar-refractivity contribution in [3.05, 3.63) is 47.3 Å². The molecule has 27 heavy (non-hydrogen) atoms. The van der Waals surface area contributed by atoms with Crippen LogP contribution >= 0.6 is 11.3 Å². The summed E-state index contributed by atoms with van der Waals surface area (Å²) < 4.78 is 12.1. The van der Waals surface area contributed by atoms with E-state index in [1.807, 2.05) is 13.0 Å². The Balaban J connectivity index is 1.68. The van der Waals surface area contributed by atoms with Crippen molar-refractivity contribution in [1.82, 2.24) is 9.97 Å². The highest BCUT2D eigenvalue weighted by Crippen LogP contribution is 2.40. The monoisotopic (exact) mass is 383 g/mol. The SMILES string of the molecule is COc1ccc(C2CCOCC2)c2sc(NC(=O)c3ccnc(C)c3)nc12. The number of methoxy groups -OCH3 is 1. The van der Waals surface area contributed by atoms with Gasteiger partial charge in [-0.1, -0.05) is 17.4 Å². The number of hydrogen-bond donors (Lipinski definition) is 1. The number of fused-ring (bicyclic) bond motifs is 1. The Kier molecular flexibility index (Phi) is 5.05. The summed E-state index contributed by atoms with van der Waals surface area (Å²) in [6.45, 7) is 3.42. The Hall–Kier alpha value is -2.51. The number of thiazole rings is 1. The minimum Gasteiger partial charge on any atom is -0.494 e. The van der Waals surface area contributed by atoms with Crippen molar-refractivity contribution in [2.24, 2.45) is 0 Å². The second-order valence-corrected chi connectivity index (χ2v) is 7.58. The summed E-state index contributed by atoms with van der Waals surface area (Å²) in [5, 5.41) is 3.49. The third-order valence-corrected chi connectivity index (χ3v) is 5.82. The molecule has 0 bridgehead atoms. The number of rotatable bonds is 4. The van der Waals surface area contributed by atoms with Gasteiger partial charge in [0.1, 0.15) is 11.3 Å². The second kappa shape index (κ2) is 7.62. The molecule has 1 fully saturated rings. The lowest BCUT2D eigenvalue weighted by molar-refractivity contribution is 0.0856. The lowest BCUT2D eigenvalue weighted by atomic mass is 9.91. The molecule has 1 aliphatic heterocycles. The van der Waals surface area contributed by atoms with Crippen molar-refractivity contribution in [2.45, 2.75) is 25.7 Å². The molecule has 140 valence electrons. The molecule has 3 heterocycles. The molecule has 0 aliphatic carbocycles. The summed E-state index contributed by atoms with van der Waals surface area (Å²) in [5.74, 6) is 0.974. The third kappa shape index (κ3) is 3.65. The number of amides is 1. The second-order valence-electron chi connectivity index (χ2n) is 6.58. The van der Waals surface area contributed by atoms with Crippen LogP contribution in [0, 0.1) is 6.92 Å². The molecule has 1 aromatic carbocycles. The van der Waals surface area contributed by atoms with Gasteiger partial charge in [-0.05, 0) is 49.4 Å². The van der Waals surface area contributed by atoms with Crippen LogP contribution in [0.15, 0.2) is 30.5 Å². The molecule has 0 unspecified atom stereocenters. The maximum Gasteiger partial charge on any atom is 0.257 e. The Morgan fingerprint density at radius 3 is 2.85 bits per heavy atom.